The Morgan fingerprint density at radius 2 is 1.78 bits per heavy atom. The Hall–Kier alpha value is -2.96. The molecule has 1 saturated heterocycles. The van der Waals surface area contributed by atoms with Crippen LogP contribution in [-0.4, -0.2) is 34.9 Å². The van der Waals surface area contributed by atoms with Crippen molar-refractivity contribution in [3.05, 3.63) is 47.9 Å². The SMILES string of the molecule is NC(=O)c1ccc(NC(=O)c2cc(N3CCCC3)ncn2)cc1. The van der Waals surface area contributed by atoms with Crippen LogP contribution in [0.5, 0.6) is 0 Å². The Morgan fingerprint density at radius 3 is 2.43 bits per heavy atom. The van der Waals surface area contributed by atoms with Gasteiger partial charge in [0.15, 0.2) is 0 Å². The first-order chi connectivity index (χ1) is 11.1. The van der Waals surface area contributed by atoms with Crippen molar-refractivity contribution in [2.45, 2.75) is 12.8 Å². The molecule has 2 amide bonds. The third kappa shape index (κ3) is 3.45. The largest absolute Gasteiger partial charge is 0.366 e. The molecule has 0 atom stereocenters. The van der Waals surface area contributed by atoms with Gasteiger partial charge in [0, 0.05) is 30.4 Å². The van der Waals surface area contributed by atoms with Gasteiger partial charge in [0.1, 0.15) is 17.8 Å². The smallest absolute Gasteiger partial charge is 0.274 e. The van der Waals surface area contributed by atoms with Crippen molar-refractivity contribution in [1.29, 1.82) is 0 Å². The van der Waals surface area contributed by atoms with Crippen LogP contribution in [0.2, 0.25) is 0 Å². The molecule has 0 bridgehead atoms. The molecule has 1 aliphatic rings. The molecular formula is C16H17N5O2. The number of nitrogens with one attached hydrogen (secondary N) is 1. The fraction of sp³-hybridized carbons (Fsp3) is 0.250. The Labute approximate surface area is 133 Å². The number of rotatable bonds is 4. The minimum Gasteiger partial charge on any atom is -0.366 e. The molecule has 7 nitrogen and oxygen atoms in total. The van der Waals surface area contributed by atoms with E-state index in [9.17, 15) is 9.59 Å². The first-order valence-electron chi connectivity index (χ1n) is 7.42. The Balaban J connectivity index is 1.72. The van der Waals surface area contributed by atoms with Gasteiger partial charge in [-0.25, -0.2) is 9.97 Å². The number of anilines is 2. The molecule has 0 spiro atoms. The first-order valence-corrected chi connectivity index (χ1v) is 7.42. The van der Waals surface area contributed by atoms with E-state index < -0.39 is 5.91 Å². The minimum absolute atomic E-state index is 0.306. The summed E-state index contributed by atoms with van der Waals surface area (Å²) in [4.78, 5) is 33.7. The van der Waals surface area contributed by atoms with Crippen LogP contribution in [-0.2, 0) is 0 Å². The average Bonchev–Trinajstić information content (AvgIpc) is 3.10. The number of carbonyl (C=O) groups is 2. The molecule has 0 saturated carbocycles. The zero-order valence-electron chi connectivity index (χ0n) is 12.5. The molecule has 0 radical (unpaired) electrons. The second kappa shape index (κ2) is 6.43. The van der Waals surface area contributed by atoms with E-state index in [1.165, 1.54) is 6.33 Å². The van der Waals surface area contributed by atoms with Gasteiger partial charge in [-0.2, -0.15) is 0 Å². The Morgan fingerprint density at radius 1 is 1.09 bits per heavy atom. The van der Waals surface area contributed by atoms with Crippen molar-refractivity contribution < 1.29 is 9.59 Å². The van der Waals surface area contributed by atoms with Crippen molar-refractivity contribution in [2.75, 3.05) is 23.3 Å². The van der Waals surface area contributed by atoms with Gasteiger partial charge in [0.05, 0.1) is 0 Å². The average molecular weight is 311 g/mol. The number of amides is 2. The van der Waals surface area contributed by atoms with Crippen LogP contribution in [0, 0.1) is 0 Å². The van der Waals surface area contributed by atoms with E-state index in [4.69, 9.17) is 5.73 Å². The zero-order chi connectivity index (χ0) is 16.2. The summed E-state index contributed by atoms with van der Waals surface area (Å²) in [6.45, 7) is 1.90. The van der Waals surface area contributed by atoms with Gasteiger partial charge in [-0.3, -0.25) is 9.59 Å². The summed E-state index contributed by atoms with van der Waals surface area (Å²) in [5, 5.41) is 2.74. The molecule has 7 heteroatoms. The van der Waals surface area contributed by atoms with E-state index in [0.29, 0.717) is 16.9 Å². The highest BCUT2D eigenvalue weighted by Crippen LogP contribution is 2.18. The number of aromatic nitrogens is 2. The van der Waals surface area contributed by atoms with E-state index in [1.807, 2.05) is 0 Å². The highest BCUT2D eigenvalue weighted by molar-refractivity contribution is 6.03. The van der Waals surface area contributed by atoms with Crippen LogP contribution in [0.15, 0.2) is 36.7 Å². The number of primary amides is 1. The highest BCUT2D eigenvalue weighted by atomic mass is 16.2. The monoisotopic (exact) mass is 311 g/mol. The lowest BCUT2D eigenvalue weighted by Crippen LogP contribution is -2.21. The lowest BCUT2D eigenvalue weighted by atomic mass is 10.2. The summed E-state index contributed by atoms with van der Waals surface area (Å²) in [5.74, 6) is -0.0552. The molecule has 1 fully saturated rings. The quantitative estimate of drug-likeness (QED) is 0.889. The molecular weight excluding hydrogens is 294 g/mol. The van der Waals surface area contributed by atoms with Crippen LogP contribution in [0.1, 0.15) is 33.7 Å². The predicted molar refractivity (Wildman–Crippen MR) is 86.4 cm³/mol. The normalized spacial score (nSPS) is 13.8. The van der Waals surface area contributed by atoms with Gasteiger partial charge in [-0.1, -0.05) is 0 Å². The standard InChI is InChI=1S/C16H17N5O2/c17-15(22)11-3-5-12(6-4-11)20-16(23)13-9-14(19-10-18-13)21-7-1-2-8-21/h3-6,9-10H,1-2,7-8H2,(H2,17,22)(H,20,23). The topological polar surface area (TPSA) is 101 Å². The number of nitrogens with zero attached hydrogens (tertiary/aromatic N) is 3. The molecule has 118 valence electrons. The lowest BCUT2D eigenvalue weighted by molar-refractivity contribution is 0.0998. The zero-order valence-corrected chi connectivity index (χ0v) is 12.5. The summed E-state index contributed by atoms with van der Waals surface area (Å²) in [6.07, 6.45) is 3.67. The number of hydrogen-bond donors (Lipinski definition) is 2. The number of nitrogens with two attached hydrogens (primary N) is 1. The fourth-order valence-electron chi connectivity index (χ4n) is 2.50. The second-order valence-electron chi connectivity index (χ2n) is 5.35. The summed E-state index contributed by atoms with van der Waals surface area (Å²) < 4.78 is 0. The van der Waals surface area contributed by atoms with E-state index in [-0.39, 0.29) is 5.91 Å². The summed E-state index contributed by atoms with van der Waals surface area (Å²) in [7, 11) is 0. The maximum atomic E-state index is 12.3. The minimum atomic E-state index is -0.506. The van der Waals surface area contributed by atoms with Crippen molar-refractivity contribution in [1.82, 2.24) is 9.97 Å². The van der Waals surface area contributed by atoms with Gasteiger partial charge >= 0.3 is 0 Å². The molecule has 2 heterocycles. The molecule has 0 aliphatic carbocycles. The predicted octanol–water partition coefficient (Wildman–Crippen LogP) is 1.43. The van der Waals surface area contributed by atoms with Gasteiger partial charge in [0.2, 0.25) is 5.91 Å². The Bertz CT molecular complexity index is 724. The number of benzene rings is 1. The van der Waals surface area contributed by atoms with E-state index in [0.717, 1.165) is 31.7 Å². The lowest BCUT2D eigenvalue weighted by Gasteiger charge is -2.16. The molecule has 1 aromatic carbocycles. The third-order valence-electron chi connectivity index (χ3n) is 3.74. The van der Waals surface area contributed by atoms with Crippen molar-refractivity contribution in [2.24, 2.45) is 5.73 Å². The maximum Gasteiger partial charge on any atom is 0.274 e. The summed E-state index contributed by atoms with van der Waals surface area (Å²) in [6, 6.07) is 8.07. The van der Waals surface area contributed by atoms with Crippen LogP contribution in [0.25, 0.3) is 0 Å². The first kappa shape index (κ1) is 15.0. The van der Waals surface area contributed by atoms with Gasteiger partial charge in [-0.15, -0.1) is 0 Å². The van der Waals surface area contributed by atoms with E-state index in [2.05, 4.69) is 20.2 Å². The molecule has 3 rings (SSSR count). The molecule has 1 aliphatic heterocycles. The van der Waals surface area contributed by atoms with Crippen LogP contribution >= 0.6 is 0 Å². The van der Waals surface area contributed by atoms with E-state index in [1.54, 1.807) is 30.3 Å². The second-order valence-corrected chi connectivity index (χ2v) is 5.35. The maximum absolute atomic E-state index is 12.3. The molecule has 3 N–H and O–H groups in total. The van der Waals surface area contributed by atoms with Crippen molar-refractivity contribution in [3.8, 4) is 0 Å². The summed E-state index contributed by atoms with van der Waals surface area (Å²) in [5.41, 5.74) is 6.45. The van der Waals surface area contributed by atoms with Crippen LogP contribution in [0.4, 0.5) is 11.5 Å². The van der Waals surface area contributed by atoms with Crippen LogP contribution in [0.3, 0.4) is 0 Å². The molecule has 1 aromatic heterocycles. The van der Waals surface area contributed by atoms with Crippen LogP contribution < -0.4 is 16.0 Å². The van der Waals surface area contributed by atoms with Crippen molar-refractivity contribution >= 4 is 23.3 Å². The third-order valence-corrected chi connectivity index (χ3v) is 3.74. The Kier molecular flexibility index (Phi) is 4.18. The number of hydrogen-bond acceptors (Lipinski definition) is 5. The fourth-order valence-corrected chi connectivity index (χ4v) is 2.50. The molecule has 23 heavy (non-hydrogen) atoms. The molecule has 0 unspecified atom stereocenters. The molecule has 2 aromatic rings. The summed E-state index contributed by atoms with van der Waals surface area (Å²) >= 11 is 0. The van der Waals surface area contributed by atoms with Crippen molar-refractivity contribution in [3.63, 3.8) is 0 Å². The van der Waals surface area contributed by atoms with Gasteiger partial charge in [0.25, 0.3) is 5.91 Å². The van der Waals surface area contributed by atoms with Gasteiger partial charge < -0.3 is 16.0 Å². The number of carbonyl (C=O) groups excluding carboxylic acids is 2. The highest BCUT2D eigenvalue weighted by Gasteiger charge is 2.16. The van der Waals surface area contributed by atoms with E-state index >= 15 is 0 Å². The van der Waals surface area contributed by atoms with Gasteiger partial charge in [-0.05, 0) is 37.1 Å².